The third-order valence-corrected chi connectivity index (χ3v) is 6.16. The molecule has 2 aromatic carbocycles. The topological polar surface area (TPSA) is 79.6 Å². The fraction of sp³-hybridized carbons (Fsp3) is 0.125. The number of rotatable bonds is 5. The van der Waals surface area contributed by atoms with Crippen LogP contribution in [-0.2, 0) is 11.3 Å². The Morgan fingerprint density at radius 3 is 2.34 bits per heavy atom. The lowest BCUT2D eigenvalue weighted by molar-refractivity contribution is -0.123. The summed E-state index contributed by atoms with van der Waals surface area (Å²) in [7, 11) is 0. The second kappa shape index (κ2) is 8.47. The van der Waals surface area contributed by atoms with Crippen molar-refractivity contribution in [1.29, 1.82) is 0 Å². The van der Waals surface area contributed by atoms with Crippen LogP contribution >= 0.6 is 11.8 Å². The van der Waals surface area contributed by atoms with Gasteiger partial charge in [0, 0.05) is 17.1 Å². The molecule has 32 heavy (non-hydrogen) atoms. The normalized spacial score (nSPS) is 15.1. The smallest absolute Gasteiger partial charge is 0.335 e. The molecule has 0 radical (unpaired) electrons. The summed E-state index contributed by atoms with van der Waals surface area (Å²) in [5, 5.41) is 8.72. The summed E-state index contributed by atoms with van der Waals surface area (Å²) in [6.45, 7) is 3.89. The van der Waals surface area contributed by atoms with Crippen molar-refractivity contribution in [2.45, 2.75) is 20.4 Å². The average Bonchev–Trinajstić information content (AvgIpc) is 3.19. The van der Waals surface area contributed by atoms with E-state index in [4.69, 9.17) is 5.11 Å². The number of aromatic nitrogens is 1. The predicted molar refractivity (Wildman–Crippen MR) is 120 cm³/mol. The quantitative estimate of drug-likeness (QED) is 0.543. The van der Waals surface area contributed by atoms with Gasteiger partial charge < -0.3 is 9.67 Å². The number of hydrogen-bond donors (Lipinski definition) is 1. The van der Waals surface area contributed by atoms with E-state index in [2.05, 4.69) is 0 Å². The minimum Gasteiger partial charge on any atom is -0.478 e. The summed E-state index contributed by atoms with van der Waals surface area (Å²) in [6.07, 6.45) is 1.69. The van der Waals surface area contributed by atoms with Crippen LogP contribution < -0.4 is 0 Å². The molecule has 1 fully saturated rings. The van der Waals surface area contributed by atoms with E-state index in [1.54, 1.807) is 30.3 Å². The second-order valence-corrected chi connectivity index (χ2v) is 8.40. The number of hydrogen-bond acceptors (Lipinski definition) is 4. The molecule has 6 nitrogen and oxygen atoms in total. The number of carboxylic acids is 1. The Hall–Kier alpha value is -3.65. The van der Waals surface area contributed by atoms with Crippen molar-refractivity contribution in [2.24, 2.45) is 0 Å². The molecule has 162 valence electrons. The first-order chi connectivity index (χ1) is 15.2. The number of carbonyl (C=O) groups excluding carboxylic acids is 2. The highest BCUT2D eigenvalue weighted by Gasteiger charge is 2.35. The van der Waals surface area contributed by atoms with Crippen LogP contribution in [0.5, 0.6) is 0 Å². The lowest BCUT2D eigenvalue weighted by atomic mass is 10.2. The summed E-state index contributed by atoms with van der Waals surface area (Å²) in [4.78, 5) is 37.8. The van der Waals surface area contributed by atoms with E-state index < -0.39 is 5.97 Å². The van der Waals surface area contributed by atoms with Crippen molar-refractivity contribution in [3.63, 3.8) is 0 Å². The maximum absolute atomic E-state index is 13.1. The van der Waals surface area contributed by atoms with E-state index in [9.17, 15) is 18.8 Å². The first-order valence-corrected chi connectivity index (χ1v) is 10.6. The van der Waals surface area contributed by atoms with Crippen molar-refractivity contribution in [2.75, 3.05) is 0 Å². The maximum Gasteiger partial charge on any atom is 0.335 e. The lowest BCUT2D eigenvalue weighted by Gasteiger charge is -2.12. The zero-order valence-corrected chi connectivity index (χ0v) is 18.1. The highest BCUT2D eigenvalue weighted by Crippen LogP contribution is 2.34. The summed E-state index contributed by atoms with van der Waals surface area (Å²) in [5.74, 6) is -1.76. The molecule has 2 heterocycles. The molecule has 1 aliphatic heterocycles. The molecular formula is C24H19FN2O4S. The van der Waals surface area contributed by atoms with Crippen molar-refractivity contribution in [3.8, 4) is 5.69 Å². The van der Waals surface area contributed by atoms with Gasteiger partial charge in [0.15, 0.2) is 0 Å². The highest BCUT2D eigenvalue weighted by molar-refractivity contribution is 8.18. The molecule has 0 bridgehead atoms. The van der Waals surface area contributed by atoms with E-state index in [-0.39, 0.29) is 29.1 Å². The van der Waals surface area contributed by atoms with Crippen LogP contribution in [0.1, 0.15) is 32.9 Å². The zero-order chi connectivity index (χ0) is 23.0. The minimum absolute atomic E-state index is 0.0806. The Labute approximate surface area is 188 Å². The van der Waals surface area contributed by atoms with Crippen molar-refractivity contribution in [1.82, 2.24) is 9.47 Å². The van der Waals surface area contributed by atoms with E-state index in [0.29, 0.717) is 10.5 Å². The van der Waals surface area contributed by atoms with Crippen LogP contribution in [0.2, 0.25) is 0 Å². The number of nitrogens with zero attached hydrogens (tertiary/aromatic N) is 2. The number of benzene rings is 2. The Kier molecular flexibility index (Phi) is 5.71. The van der Waals surface area contributed by atoms with Crippen molar-refractivity contribution >= 4 is 35.0 Å². The third kappa shape index (κ3) is 4.09. The molecular weight excluding hydrogens is 431 g/mol. The lowest BCUT2D eigenvalue weighted by Crippen LogP contribution is -2.27. The Balaban J connectivity index is 1.61. The number of halogens is 1. The molecule has 0 spiro atoms. The first kappa shape index (κ1) is 21.6. The molecule has 1 aliphatic rings. The second-order valence-electron chi connectivity index (χ2n) is 7.41. The van der Waals surface area contributed by atoms with Gasteiger partial charge in [-0.05, 0) is 85.3 Å². The van der Waals surface area contributed by atoms with Crippen LogP contribution in [0.15, 0.2) is 59.5 Å². The number of amides is 2. The Morgan fingerprint density at radius 2 is 1.72 bits per heavy atom. The molecule has 0 aliphatic carbocycles. The predicted octanol–water partition coefficient (Wildman–Crippen LogP) is 5.17. The van der Waals surface area contributed by atoms with Crippen LogP contribution in [0.3, 0.4) is 0 Å². The summed E-state index contributed by atoms with van der Waals surface area (Å²) in [6, 6.07) is 14.1. The molecule has 1 N–H and O–H groups in total. The van der Waals surface area contributed by atoms with Crippen LogP contribution in [0.4, 0.5) is 9.18 Å². The van der Waals surface area contributed by atoms with Gasteiger partial charge in [0.05, 0.1) is 17.0 Å². The molecule has 8 heteroatoms. The molecule has 1 saturated heterocycles. The molecule has 1 aromatic heterocycles. The molecule has 4 rings (SSSR count). The highest BCUT2D eigenvalue weighted by atomic mass is 32.2. The van der Waals surface area contributed by atoms with Gasteiger partial charge >= 0.3 is 5.97 Å². The van der Waals surface area contributed by atoms with Gasteiger partial charge in [-0.15, -0.1) is 0 Å². The van der Waals surface area contributed by atoms with Gasteiger partial charge in [-0.3, -0.25) is 14.5 Å². The van der Waals surface area contributed by atoms with Gasteiger partial charge in [-0.1, -0.05) is 12.1 Å². The minimum atomic E-state index is -0.991. The number of aryl methyl sites for hydroxylation is 1. The fourth-order valence-corrected chi connectivity index (χ4v) is 4.46. The molecule has 2 amide bonds. The standard InChI is InChI=1S/C24H19FN2O4S/c1-14-11-18(15(2)27(14)20-9-5-17(6-10-20)23(29)30)12-21-22(28)26(24(31)32-21)13-16-3-7-19(25)8-4-16/h3-12H,13H2,1-2H3,(H,29,30)/b21-12-. The number of imide groups is 1. The van der Waals surface area contributed by atoms with E-state index in [1.165, 1.54) is 24.3 Å². The SMILES string of the molecule is Cc1cc(/C=C2\SC(=O)N(Cc3ccc(F)cc3)C2=O)c(C)n1-c1ccc(C(=O)O)cc1. The summed E-state index contributed by atoms with van der Waals surface area (Å²) < 4.78 is 15.1. The fourth-order valence-electron chi connectivity index (χ4n) is 3.63. The van der Waals surface area contributed by atoms with E-state index in [0.717, 1.165) is 39.3 Å². The third-order valence-electron chi connectivity index (χ3n) is 5.26. The van der Waals surface area contributed by atoms with E-state index >= 15 is 0 Å². The van der Waals surface area contributed by atoms with Gasteiger partial charge in [0.1, 0.15) is 5.82 Å². The zero-order valence-electron chi connectivity index (χ0n) is 17.3. The van der Waals surface area contributed by atoms with Crippen molar-refractivity contribution in [3.05, 3.63) is 93.4 Å². The van der Waals surface area contributed by atoms with Crippen LogP contribution in [0, 0.1) is 19.7 Å². The van der Waals surface area contributed by atoms with Crippen molar-refractivity contribution < 1.29 is 23.9 Å². The van der Waals surface area contributed by atoms with Gasteiger partial charge in [-0.2, -0.15) is 0 Å². The Bertz CT molecular complexity index is 1260. The Morgan fingerprint density at radius 1 is 1.06 bits per heavy atom. The monoisotopic (exact) mass is 450 g/mol. The van der Waals surface area contributed by atoms with Crippen LogP contribution in [-0.4, -0.2) is 31.7 Å². The van der Waals surface area contributed by atoms with Crippen LogP contribution in [0.25, 0.3) is 11.8 Å². The van der Waals surface area contributed by atoms with Gasteiger partial charge in [0.2, 0.25) is 0 Å². The number of aromatic carboxylic acids is 1. The molecule has 3 aromatic rings. The molecule has 0 atom stereocenters. The summed E-state index contributed by atoms with van der Waals surface area (Å²) in [5.41, 5.74) is 4.22. The number of thioether (sulfide) groups is 1. The number of carbonyl (C=O) groups is 3. The average molecular weight is 450 g/mol. The first-order valence-electron chi connectivity index (χ1n) is 9.77. The molecule has 0 unspecified atom stereocenters. The van der Waals surface area contributed by atoms with Gasteiger partial charge in [0.25, 0.3) is 11.1 Å². The number of carboxylic acid groups (broad SMARTS) is 1. The molecule has 0 saturated carbocycles. The largest absolute Gasteiger partial charge is 0.478 e. The van der Waals surface area contributed by atoms with E-state index in [1.807, 2.05) is 24.5 Å². The van der Waals surface area contributed by atoms with Gasteiger partial charge in [-0.25, -0.2) is 9.18 Å². The summed E-state index contributed by atoms with van der Waals surface area (Å²) >= 11 is 0.874. The maximum atomic E-state index is 13.1.